The molecule has 0 aromatic heterocycles. The number of hydrogen-bond acceptors (Lipinski definition) is 6. The number of nitrogens with one attached hydrogen (secondary N) is 1. The first-order valence-corrected chi connectivity index (χ1v) is 10.3. The van der Waals surface area contributed by atoms with E-state index in [1.54, 1.807) is 0 Å². The lowest BCUT2D eigenvalue weighted by atomic mass is 9.95. The van der Waals surface area contributed by atoms with Gasteiger partial charge in [0, 0.05) is 19.0 Å². The molecule has 1 atom stereocenters. The second-order valence-electron chi connectivity index (χ2n) is 6.39. The summed E-state index contributed by atoms with van der Waals surface area (Å²) in [7, 11) is -4.42. The van der Waals surface area contributed by atoms with Crippen LogP contribution in [0.5, 0.6) is 0 Å². The van der Waals surface area contributed by atoms with Gasteiger partial charge in [-0.2, -0.15) is 0 Å². The Kier molecular flexibility index (Phi) is 9.74. The number of carbonyl (C=O) groups is 1. The Morgan fingerprint density at radius 1 is 1.22 bits per heavy atom. The first-order chi connectivity index (χ1) is 10.9. The zero-order valence-electron chi connectivity index (χ0n) is 14.1. The second kappa shape index (κ2) is 11.0. The van der Waals surface area contributed by atoms with Gasteiger partial charge in [0.05, 0.1) is 15.9 Å². The average molecular weight is 348 g/mol. The molecule has 0 amide bonds. The number of carbonyl (C=O) groups excluding carboxylic acids is 1. The van der Waals surface area contributed by atoms with E-state index in [0.29, 0.717) is 6.04 Å². The smallest absolute Gasteiger partial charge is 0.306 e. The molecule has 1 fully saturated rings. The average Bonchev–Trinajstić information content (AvgIpc) is 2.49. The van der Waals surface area contributed by atoms with E-state index in [9.17, 15) is 17.8 Å². The lowest BCUT2D eigenvalue weighted by molar-refractivity contribution is -0.148. The summed E-state index contributed by atoms with van der Waals surface area (Å²) in [5, 5.41) is 3.25. The highest BCUT2D eigenvalue weighted by Crippen LogP contribution is 2.17. The Hall–Kier alpha value is -0.660. The van der Waals surface area contributed by atoms with Gasteiger partial charge in [-0.15, -0.1) is 0 Å². The molecule has 7 heteroatoms. The molecule has 1 unspecified atom stereocenters. The van der Waals surface area contributed by atoms with Gasteiger partial charge >= 0.3 is 5.97 Å². The standard InChI is InChI=1S/C16H31NO5S/c1-2-3-4-8-11-16(18)22-15(13-23(19,20)21)12-17-14-9-6-5-7-10-14/h14-15,17H,2-13H2,1H3,(H,19,20,21)/p-1. The van der Waals surface area contributed by atoms with Crippen LogP contribution in [-0.4, -0.2) is 43.4 Å². The van der Waals surface area contributed by atoms with E-state index in [1.165, 1.54) is 6.42 Å². The third-order valence-corrected chi connectivity index (χ3v) is 4.94. The second-order valence-corrected chi connectivity index (χ2v) is 7.84. The van der Waals surface area contributed by atoms with E-state index in [4.69, 9.17) is 4.74 Å². The number of rotatable bonds is 11. The third-order valence-electron chi connectivity index (χ3n) is 4.16. The van der Waals surface area contributed by atoms with Gasteiger partial charge in [-0.3, -0.25) is 4.79 Å². The Labute approximate surface area is 140 Å². The third kappa shape index (κ3) is 10.7. The van der Waals surface area contributed by atoms with Crippen molar-refractivity contribution in [3.8, 4) is 0 Å². The number of esters is 1. The zero-order valence-corrected chi connectivity index (χ0v) is 14.9. The molecule has 0 saturated heterocycles. The fourth-order valence-corrected chi connectivity index (χ4v) is 3.55. The fourth-order valence-electron chi connectivity index (χ4n) is 2.91. The topological polar surface area (TPSA) is 95.5 Å². The highest BCUT2D eigenvalue weighted by molar-refractivity contribution is 7.85. The molecule has 0 radical (unpaired) electrons. The van der Waals surface area contributed by atoms with Crippen molar-refractivity contribution in [2.24, 2.45) is 0 Å². The van der Waals surface area contributed by atoms with Crippen LogP contribution in [0.15, 0.2) is 0 Å². The quantitative estimate of drug-likeness (QED) is 0.350. The highest BCUT2D eigenvalue weighted by atomic mass is 32.2. The van der Waals surface area contributed by atoms with Gasteiger partial charge in [0.15, 0.2) is 0 Å². The number of unbranched alkanes of at least 4 members (excludes halogenated alkanes) is 3. The molecule has 0 aromatic carbocycles. The maximum atomic E-state index is 11.8. The summed E-state index contributed by atoms with van der Waals surface area (Å²) in [6.45, 7) is 2.32. The lowest BCUT2D eigenvalue weighted by Gasteiger charge is -2.26. The summed E-state index contributed by atoms with van der Waals surface area (Å²) in [5.74, 6) is -1.08. The monoisotopic (exact) mass is 348 g/mol. The van der Waals surface area contributed by atoms with Crippen molar-refractivity contribution in [3.05, 3.63) is 0 Å². The van der Waals surface area contributed by atoms with E-state index in [0.717, 1.165) is 51.4 Å². The summed E-state index contributed by atoms with van der Waals surface area (Å²) in [5.41, 5.74) is 0. The summed E-state index contributed by atoms with van der Waals surface area (Å²) in [4.78, 5) is 11.8. The minimum absolute atomic E-state index is 0.229. The van der Waals surface area contributed by atoms with Crippen molar-refractivity contribution in [1.29, 1.82) is 0 Å². The zero-order chi connectivity index (χ0) is 17.1. The van der Waals surface area contributed by atoms with E-state index in [1.807, 2.05) is 0 Å². The fraction of sp³-hybridized carbons (Fsp3) is 0.938. The van der Waals surface area contributed by atoms with E-state index in [-0.39, 0.29) is 13.0 Å². The Bertz CT molecular complexity index is 432. The van der Waals surface area contributed by atoms with Crippen LogP contribution in [0.4, 0.5) is 0 Å². The Morgan fingerprint density at radius 2 is 1.91 bits per heavy atom. The van der Waals surface area contributed by atoms with E-state index < -0.39 is 27.9 Å². The van der Waals surface area contributed by atoms with Gasteiger partial charge in [0.2, 0.25) is 0 Å². The minimum Gasteiger partial charge on any atom is -0.748 e. The van der Waals surface area contributed by atoms with Crippen LogP contribution in [0.2, 0.25) is 0 Å². The maximum absolute atomic E-state index is 11.8. The van der Waals surface area contributed by atoms with Gasteiger partial charge in [0.25, 0.3) is 0 Å². The Balaban J connectivity index is 2.39. The molecule has 0 bridgehead atoms. The molecule has 0 aromatic rings. The van der Waals surface area contributed by atoms with Crippen molar-refractivity contribution < 1.29 is 22.5 Å². The predicted octanol–water partition coefficient (Wildman–Crippen LogP) is 2.34. The van der Waals surface area contributed by atoms with Gasteiger partial charge < -0.3 is 14.6 Å². The Morgan fingerprint density at radius 3 is 2.52 bits per heavy atom. The van der Waals surface area contributed by atoms with Crippen molar-refractivity contribution in [2.45, 2.75) is 83.3 Å². The normalized spacial score (nSPS) is 17.8. The number of hydrogen-bond donors (Lipinski definition) is 1. The van der Waals surface area contributed by atoms with Crippen molar-refractivity contribution >= 4 is 16.1 Å². The predicted molar refractivity (Wildman–Crippen MR) is 88.1 cm³/mol. The van der Waals surface area contributed by atoms with Gasteiger partial charge in [0.1, 0.15) is 6.10 Å². The van der Waals surface area contributed by atoms with Crippen LogP contribution in [0, 0.1) is 0 Å². The van der Waals surface area contributed by atoms with E-state index in [2.05, 4.69) is 12.2 Å². The molecule has 136 valence electrons. The van der Waals surface area contributed by atoms with Crippen LogP contribution in [0.25, 0.3) is 0 Å². The summed E-state index contributed by atoms with van der Waals surface area (Å²) in [6, 6.07) is 0.323. The molecule has 1 saturated carbocycles. The van der Waals surface area contributed by atoms with Crippen molar-refractivity contribution in [2.75, 3.05) is 12.3 Å². The molecule has 23 heavy (non-hydrogen) atoms. The lowest BCUT2D eigenvalue weighted by Crippen LogP contribution is -2.41. The van der Waals surface area contributed by atoms with Gasteiger partial charge in [-0.05, 0) is 19.3 Å². The van der Waals surface area contributed by atoms with Crippen LogP contribution in [-0.2, 0) is 19.6 Å². The molecule has 1 aliphatic rings. The van der Waals surface area contributed by atoms with E-state index >= 15 is 0 Å². The molecule has 1 aliphatic carbocycles. The number of ether oxygens (including phenoxy) is 1. The van der Waals surface area contributed by atoms with Crippen LogP contribution in [0.3, 0.4) is 0 Å². The molecule has 0 heterocycles. The molecule has 0 aliphatic heterocycles. The van der Waals surface area contributed by atoms with Gasteiger partial charge in [-0.25, -0.2) is 8.42 Å². The SMILES string of the molecule is CCCCCCC(=O)OC(CNC1CCCCC1)CS(=O)(=O)[O-]. The van der Waals surface area contributed by atoms with Crippen LogP contribution < -0.4 is 5.32 Å². The molecular formula is C16H30NO5S-. The van der Waals surface area contributed by atoms with Crippen molar-refractivity contribution in [3.63, 3.8) is 0 Å². The summed E-state index contributed by atoms with van der Waals surface area (Å²) >= 11 is 0. The summed E-state index contributed by atoms with van der Waals surface area (Å²) < 4.78 is 38.2. The molecule has 0 spiro atoms. The molecule has 1 rings (SSSR count). The van der Waals surface area contributed by atoms with Crippen molar-refractivity contribution in [1.82, 2.24) is 5.32 Å². The maximum Gasteiger partial charge on any atom is 0.306 e. The minimum atomic E-state index is -4.42. The van der Waals surface area contributed by atoms with Gasteiger partial charge in [-0.1, -0.05) is 45.4 Å². The first kappa shape index (κ1) is 20.4. The molecule has 6 nitrogen and oxygen atoms in total. The largest absolute Gasteiger partial charge is 0.748 e. The molecule has 1 N–H and O–H groups in total. The summed E-state index contributed by atoms with van der Waals surface area (Å²) in [6.07, 6.45) is 8.84. The molecular weight excluding hydrogens is 318 g/mol. The first-order valence-electron chi connectivity index (χ1n) is 8.77. The highest BCUT2D eigenvalue weighted by Gasteiger charge is 2.20. The van der Waals surface area contributed by atoms with Crippen LogP contribution in [0.1, 0.15) is 71.1 Å². The van der Waals surface area contributed by atoms with Crippen LogP contribution >= 0.6 is 0 Å².